The monoisotopic (exact) mass is 469 g/mol. The number of esters is 1. The molecule has 1 aromatic heterocycles. The van der Waals surface area contributed by atoms with Gasteiger partial charge in [-0.05, 0) is 23.8 Å². The van der Waals surface area contributed by atoms with Crippen LogP contribution in [0.2, 0.25) is 5.02 Å². The second kappa shape index (κ2) is 9.29. The van der Waals surface area contributed by atoms with Gasteiger partial charge in [-0.2, -0.15) is 4.99 Å². The summed E-state index contributed by atoms with van der Waals surface area (Å²) in [4.78, 5) is 54.1. The summed E-state index contributed by atoms with van der Waals surface area (Å²) in [6.07, 6.45) is 1.77. The molecule has 3 aromatic rings. The van der Waals surface area contributed by atoms with Gasteiger partial charge < -0.3 is 9.30 Å². The summed E-state index contributed by atoms with van der Waals surface area (Å²) >= 11 is 7.44. The van der Waals surface area contributed by atoms with Crippen molar-refractivity contribution in [3.63, 3.8) is 0 Å². The summed E-state index contributed by atoms with van der Waals surface area (Å²) in [5.41, 5.74) is 1.34. The van der Waals surface area contributed by atoms with Gasteiger partial charge in [-0.3, -0.25) is 24.1 Å². The molecule has 3 amide bonds. The third-order valence-electron chi connectivity index (χ3n) is 4.70. The van der Waals surface area contributed by atoms with Crippen LogP contribution in [0.4, 0.5) is 0 Å². The van der Waals surface area contributed by atoms with E-state index < -0.39 is 36.8 Å². The molecule has 10 heteroatoms. The number of imide groups is 1. The van der Waals surface area contributed by atoms with Crippen LogP contribution in [0, 0.1) is 0 Å². The Morgan fingerprint density at radius 2 is 1.66 bits per heavy atom. The molecule has 2 aromatic carbocycles. The fourth-order valence-electron chi connectivity index (χ4n) is 3.16. The predicted octanol–water partition coefficient (Wildman–Crippen LogP) is 2.52. The van der Waals surface area contributed by atoms with E-state index in [4.69, 9.17) is 16.3 Å². The quantitative estimate of drug-likeness (QED) is 0.408. The number of ether oxygens (including phenoxy) is 1. The molecule has 32 heavy (non-hydrogen) atoms. The molecule has 0 atom stereocenters. The lowest BCUT2D eigenvalue weighted by atomic mass is 10.1. The number of hydrogen-bond acceptors (Lipinski definition) is 6. The van der Waals surface area contributed by atoms with Gasteiger partial charge in [0.05, 0.1) is 17.7 Å². The number of benzene rings is 2. The fourth-order valence-corrected chi connectivity index (χ4v) is 4.10. The van der Waals surface area contributed by atoms with Crippen molar-refractivity contribution < 1.29 is 23.9 Å². The van der Waals surface area contributed by atoms with Crippen molar-refractivity contribution in [3.05, 3.63) is 86.6 Å². The normalized spacial score (nSPS) is 13.4. The van der Waals surface area contributed by atoms with Crippen LogP contribution >= 0.6 is 22.9 Å². The van der Waals surface area contributed by atoms with Crippen molar-refractivity contribution in [3.8, 4) is 0 Å². The first kappa shape index (κ1) is 21.7. The second-order valence-corrected chi connectivity index (χ2v) is 8.09. The van der Waals surface area contributed by atoms with Gasteiger partial charge in [-0.15, -0.1) is 11.3 Å². The van der Waals surface area contributed by atoms with Crippen molar-refractivity contribution in [2.24, 2.45) is 4.99 Å². The molecule has 0 unspecified atom stereocenters. The van der Waals surface area contributed by atoms with Crippen LogP contribution in [-0.4, -0.2) is 46.3 Å². The van der Waals surface area contributed by atoms with Gasteiger partial charge in [0.1, 0.15) is 6.54 Å². The van der Waals surface area contributed by atoms with Crippen LogP contribution < -0.4 is 4.80 Å². The summed E-state index contributed by atoms with van der Waals surface area (Å²) in [5, 5.41) is 2.38. The standard InChI is InChI=1S/C22H16ClN3O5S/c23-17-8-4-1-5-14(17)11-25-9-10-32-22(25)24-18(27)13-31-19(28)12-26-20(29)15-6-2-3-7-16(15)21(26)30/h1-10H,11-13H2. The SMILES string of the molecule is O=C(COC(=O)CN1C(=O)c2ccccc2C1=O)N=c1sccn1Cc1ccccc1Cl. The molecule has 0 spiro atoms. The lowest BCUT2D eigenvalue weighted by Crippen LogP contribution is -2.36. The van der Waals surface area contributed by atoms with Gasteiger partial charge in [-0.25, -0.2) is 0 Å². The molecule has 2 heterocycles. The number of rotatable bonds is 6. The Labute approximate surface area is 191 Å². The van der Waals surface area contributed by atoms with Crippen LogP contribution in [0.1, 0.15) is 26.3 Å². The smallest absolute Gasteiger partial charge is 0.326 e. The third kappa shape index (κ3) is 4.53. The second-order valence-electron chi connectivity index (χ2n) is 6.81. The van der Waals surface area contributed by atoms with Gasteiger partial charge in [-0.1, -0.05) is 41.9 Å². The Kier molecular flexibility index (Phi) is 6.29. The maximum atomic E-state index is 12.3. The minimum absolute atomic E-state index is 0.233. The molecule has 162 valence electrons. The van der Waals surface area contributed by atoms with Gasteiger partial charge in [0.15, 0.2) is 11.4 Å². The molecule has 0 bridgehead atoms. The summed E-state index contributed by atoms with van der Waals surface area (Å²) in [6, 6.07) is 13.6. The third-order valence-corrected chi connectivity index (χ3v) is 5.86. The van der Waals surface area contributed by atoms with E-state index in [1.807, 2.05) is 18.2 Å². The maximum absolute atomic E-state index is 12.3. The van der Waals surface area contributed by atoms with Crippen molar-refractivity contribution in [2.75, 3.05) is 13.2 Å². The molecule has 0 saturated carbocycles. The van der Waals surface area contributed by atoms with Gasteiger partial charge in [0, 0.05) is 16.6 Å². The fraction of sp³-hybridized carbons (Fsp3) is 0.136. The number of nitrogens with zero attached hydrogens (tertiary/aromatic N) is 3. The Morgan fingerprint density at radius 3 is 2.34 bits per heavy atom. The number of fused-ring (bicyclic) bond motifs is 1. The first-order valence-corrected chi connectivity index (χ1v) is 10.8. The van der Waals surface area contributed by atoms with E-state index in [0.717, 1.165) is 10.5 Å². The Bertz CT molecular complexity index is 1260. The number of thiazole rings is 1. The molecular formula is C22H16ClN3O5S. The summed E-state index contributed by atoms with van der Waals surface area (Å²) < 4.78 is 6.69. The highest BCUT2D eigenvalue weighted by molar-refractivity contribution is 7.07. The number of hydrogen-bond donors (Lipinski definition) is 0. The van der Waals surface area contributed by atoms with E-state index in [9.17, 15) is 19.2 Å². The zero-order chi connectivity index (χ0) is 22.7. The van der Waals surface area contributed by atoms with Crippen LogP contribution in [0.3, 0.4) is 0 Å². The van der Waals surface area contributed by atoms with E-state index in [-0.39, 0.29) is 11.1 Å². The molecule has 4 rings (SSSR count). The molecule has 0 N–H and O–H groups in total. The van der Waals surface area contributed by atoms with Crippen molar-refractivity contribution in [2.45, 2.75) is 6.54 Å². The number of halogens is 1. The molecule has 1 aliphatic heterocycles. The van der Waals surface area contributed by atoms with Crippen LogP contribution in [0.25, 0.3) is 0 Å². The minimum Gasteiger partial charge on any atom is -0.454 e. The topological polar surface area (TPSA) is 98.0 Å². The predicted molar refractivity (Wildman–Crippen MR) is 116 cm³/mol. The van der Waals surface area contributed by atoms with Gasteiger partial charge in [0.25, 0.3) is 17.7 Å². The van der Waals surface area contributed by atoms with Crippen molar-refractivity contribution in [1.82, 2.24) is 9.47 Å². The van der Waals surface area contributed by atoms with E-state index in [2.05, 4.69) is 4.99 Å². The van der Waals surface area contributed by atoms with Gasteiger partial charge >= 0.3 is 5.97 Å². The Hall–Kier alpha value is -3.56. The molecule has 0 fully saturated rings. The minimum atomic E-state index is -0.877. The summed E-state index contributed by atoms with van der Waals surface area (Å²) in [6.45, 7) is -0.758. The highest BCUT2D eigenvalue weighted by atomic mass is 35.5. The largest absolute Gasteiger partial charge is 0.454 e. The summed E-state index contributed by atoms with van der Waals surface area (Å²) in [7, 11) is 0. The summed E-state index contributed by atoms with van der Waals surface area (Å²) in [5.74, 6) is -2.69. The van der Waals surface area contributed by atoms with E-state index in [1.54, 1.807) is 34.3 Å². The number of amides is 3. The van der Waals surface area contributed by atoms with E-state index in [0.29, 0.717) is 16.4 Å². The number of carbonyl (C=O) groups is 4. The Balaban J connectivity index is 1.36. The van der Waals surface area contributed by atoms with Crippen LogP contribution in [0.5, 0.6) is 0 Å². The zero-order valence-electron chi connectivity index (χ0n) is 16.6. The average molecular weight is 470 g/mol. The van der Waals surface area contributed by atoms with Crippen molar-refractivity contribution in [1.29, 1.82) is 0 Å². The molecule has 8 nitrogen and oxygen atoms in total. The maximum Gasteiger partial charge on any atom is 0.326 e. The van der Waals surface area contributed by atoms with Crippen molar-refractivity contribution >= 4 is 46.6 Å². The van der Waals surface area contributed by atoms with Gasteiger partial charge in [0.2, 0.25) is 0 Å². The lowest BCUT2D eigenvalue weighted by Gasteiger charge is -2.12. The molecular weight excluding hydrogens is 454 g/mol. The highest BCUT2D eigenvalue weighted by Gasteiger charge is 2.36. The lowest BCUT2D eigenvalue weighted by molar-refractivity contribution is -0.147. The number of aromatic nitrogens is 1. The van der Waals surface area contributed by atoms with Crippen LogP contribution in [-0.2, 0) is 20.9 Å². The molecule has 0 saturated heterocycles. The van der Waals surface area contributed by atoms with E-state index in [1.165, 1.54) is 23.5 Å². The first-order chi connectivity index (χ1) is 15.4. The number of carbonyl (C=O) groups excluding carboxylic acids is 4. The molecule has 1 aliphatic rings. The molecule has 0 radical (unpaired) electrons. The van der Waals surface area contributed by atoms with Crippen LogP contribution in [0.15, 0.2) is 65.1 Å². The Morgan fingerprint density at radius 1 is 1.00 bits per heavy atom. The zero-order valence-corrected chi connectivity index (χ0v) is 18.1. The molecule has 0 aliphatic carbocycles. The first-order valence-electron chi connectivity index (χ1n) is 9.50. The average Bonchev–Trinajstić information content (AvgIpc) is 3.32. The highest BCUT2D eigenvalue weighted by Crippen LogP contribution is 2.22. The van der Waals surface area contributed by atoms with E-state index >= 15 is 0 Å².